The molecule has 0 bridgehead atoms. The molecule has 1 aromatic carbocycles. The van der Waals surface area contributed by atoms with Gasteiger partial charge in [0.15, 0.2) is 4.90 Å². The van der Waals surface area contributed by atoms with E-state index in [1.54, 1.807) is 6.21 Å². The Hall–Kier alpha value is -2.70. The molecule has 0 radical (unpaired) electrons. The Morgan fingerprint density at radius 3 is 1.91 bits per heavy atom. The third kappa shape index (κ3) is 3.94. The van der Waals surface area contributed by atoms with Crippen LogP contribution in [0.4, 0.5) is 0 Å². The summed E-state index contributed by atoms with van der Waals surface area (Å²) in [6, 6.07) is 19.5. The number of rotatable bonds is 1. The molecule has 1 N–H and O–H groups in total. The topological polar surface area (TPSA) is 55.2 Å². The van der Waals surface area contributed by atoms with Crippen molar-refractivity contribution in [3.05, 3.63) is 91.0 Å². The lowest BCUT2D eigenvalue weighted by Gasteiger charge is -2.12. The molecular weight excluding hydrogens is 308 g/mol. The highest BCUT2D eigenvalue weighted by Gasteiger charge is 2.17. The number of benzene rings is 1. The second-order valence-electron chi connectivity index (χ2n) is 4.67. The Bertz CT molecular complexity index is 743. The molecule has 0 fully saturated rings. The predicted octanol–water partition coefficient (Wildman–Crippen LogP) is 1.22. The molecule has 3 aromatic rings. The van der Waals surface area contributed by atoms with Crippen LogP contribution in [0.1, 0.15) is 5.56 Å². The monoisotopic (exact) mass is 324 g/mol. The van der Waals surface area contributed by atoms with Crippen LogP contribution in [0.15, 0.2) is 95.4 Å². The third-order valence-corrected chi connectivity index (χ3v) is 4.17. The van der Waals surface area contributed by atoms with Gasteiger partial charge in [0.25, 0.3) is 0 Å². The van der Waals surface area contributed by atoms with Crippen LogP contribution in [0, 0.1) is 0 Å². The van der Waals surface area contributed by atoms with Crippen molar-refractivity contribution in [2.45, 2.75) is 4.90 Å². The predicted molar refractivity (Wildman–Crippen MR) is 87.7 cm³/mol. The van der Waals surface area contributed by atoms with Gasteiger partial charge in [-0.25, -0.2) is 0 Å². The minimum atomic E-state index is -1.16. The lowest BCUT2D eigenvalue weighted by molar-refractivity contribution is -1.30. The SMILES string of the molecule is [O-][S+]1NN=Cc2ccccc21.c1cc[n+](-[n+]2ccccc2)cc1. The minimum absolute atomic E-state index is 0.794. The minimum Gasteiger partial charge on any atom is -0.587 e. The van der Waals surface area contributed by atoms with Gasteiger partial charge in [-0.15, -0.1) is 9.93 Å². The summed E-state index contributed by atoms with van der Waals surface area (Å²) in [7, 11) is 0. The van der Waals surface area contributed by atoms with Gasteiger partial charge in [0, 0.05) is 24.3 Å². The number of aromatic nitrogens is 2. The van der Waals surface area contributed by atoms with Gasteiger partial charge < -0.3 is 4.55 Å². The first-order valence-corrected chi connectivity index (χ1v) is 8.22. The van der Waals surface area contributed by atoms with Crippen LogP contribution in [0.25, 0.3) is 0 Å². The number of nitrogens with zero attached hydrogens (tertiary/aromatic N) is 3. The highest BCUT2D eigenvalue weighted by atomic mass is 32.2. The van der Waals surface area contributed by atoms with Crippen molar-refractivity contribution in [3.8, 4) is 0 Å². The van der Waals surface area contributed by atoms with Crippen molar-refractivity contribution >= 4 is 17.6 Å². The normalized spacial score (nSPS) is 14.9. The van der Waals surface area contributed by atoms with Gasteiger partial charge in [-0.05, 0) is 24.3 Å². The summed E-state index contributed by atoms with van der Waals surface area (Å²) in [5.74, 6) is 0. The molecule has 2 aromatic heterocycles. The van der Waals surface area contributed by atoms with Crippen LogP contribution in [0.2, 0.25) is 0 Å². The molecule has 23 heavy (non-hydrogen) atoms. The molecule has 1 unspecified atom stereocenters. The third-order valence-electron chi connectivity index (χ3n) is 3.12. The number of fused-ring (bicyclic) bond motifs is 1. The molecule has 5 nitrogen and oxygen atoms in total. The molecule has 0 amide bonds. The fraction of sp³-hybridized carbons (Fsp3) is 0. The summed E-state index contributed by atoms with van der Waals surface area (Å²) >= 11 is -1.16. The van der Waals surface area contributed by atoms with Gasteiger partial charge in [-0.2, -0.15) is 0 Å². The van der Waals surface area contributed by atoms with E-state index in [9.17, 15) is 4.55 Å². The number of hydrogen-bond donors (Lipinski definition) is 1. The molecule has 0 saturated heterocycles. The van der Waals surface area contributed by atoms with E-state index in [1.807, 2.05) is 94.8 Å². The van der Waals surface area contributed by atoms with E-state index >= 15 is 0 Å². The molecule has 1 atom stereocenters. The molecule has 6 heteroatoms. The molecule has 0 saturated carbocycles. The van der Waals surface area contributed by atoms with Crippen LogP contribution in [-0.4, -0.2) is 10.8 Å². The van der Waals surface area contributed by atoms with Crippen LogP contribution < -0.4 is 14.2 Å². The second-order valence-corrected chi connectivity index (χ2v) is 5.83. The number of pyridine rings is 2. The lowest BCUT2D eigenvalue weighted by atomic mass is 10.2. The van der Waals surface area contributed by atoms with Gasteiger partial charge in [-0.1, -0.05) is 12.1 Å². The van der Waals surface area contributed by atoms with E-state index in [1.165, 1.54) is 0 Å². The van der Waals surface area contributed by atoms with Gasteiger partial charge in [0.05, 0.1) is 21.1 Å². The van der Waals surface area contributed by atoms with E-state index in [4.69, 9.17) is 0 Å². The van der Waals surface area contributed by atoms with Crippen molar-refractivity contribution in [2.75, 3.05) is 0 Å². The summed E-state index contributed by atoms with van der Waals surface area (Å²) < 4.78 is 15.2. The molecule has 3 heterocycles. The number of hydrogen-bond acceptors (Lipinski definition) is 3. The zero-order chi connectivity index (χ0) is 15.9. The second kappa shape index (κ2) is 7.53. The molecular formula is C17H16N4OS+2. The molecule has 0 aliphatic carbocycles. The van der Waals surface area contributed by atoms with Crippen LogP contribution >= 0.6 is 0 Å². The summed E-state index contributed by atoms with van der Waals surface area (Å²) in [5, 5.41) is 3.72. The summed E-state index contributed by atoms with van der Waals surface area (Å²) in [6.07, 6.45) is 9.66. The highest BCUT2D eigenvalue weighted by molar-refractivity contribution is 7.89. The zero-order valence-corrected chi connectivity index (χ0v) is 13.1. The quantitative estimate of drug-likeness (QED) is 0.540. The standard InChI is InChI=1S/C10H10N2.C7H6N2OS/c1-3-7-11(8-4-1)12-9-5-2-6-10-12;10-11-7-4-2-1-3-6(7)5-8-9-11/h1-10H;1-5,9H/q+2;. The number of nitrogens with one attached hydrogen (secondary N) is 1. The molecule has 114 valence electrons. The van der Waals surface area contributed by atoms with E-state index in [0.717, 1.165) is 10.5 Å². The fourth-order valence-electron chi connectivity index (χ4n) is 2.04. The number of hydrazone groups is 1. The summed E-state index contributed by atoms with van der Waals surface area (Å²) in [4.78, 5) is 3.27. The van der Waals surface area contributed by atoms with Crippen molar-refractivity contribution < 1.29 is 13.9 Å². The van der Waals surface area contributed by atoms with E-state index in [-0.39, 0.29) is 0 Å². The maximum Gasteiger partial charge on any atom is 0.242 e. The smallest absolute Gasteiger partial charge is 0.242 e. The molecule has 0 spiro atoms. The Kier molecular flexibility index (Phi) is 4.98. The first-order chi connectivity index (χ1) is 11.3. The van der Waals surface area contributed by atoms with Crippen molar-refractivity contribution in [3.63, 3.8) is 0 Å². The van der Waals surface area contributed by atoms with E-state index in [0.29, 0.717) is 0 Å². The summed E-state index contributed by atoms with van der Waals surface area (Å²) in [5.41, 5.74) is 0.921. The zero-order valence-electron chi connectivity index (χ0n) is 12.3. The Morgan fingerprint density at radius 2 is 1.35 bits per heavy atom. The maximum atomic E-state index is 11.2. The van der Waals surface area contributed by atoms with Crippen LogP contribution in [0.3, 0.4) is 0 Å². The fourth-order valence-corrected chi connectivity index (χ4v) is 2.82. The lowest BCUT2D eigenvalue weighted by Crippen LogP contribution is -2.65. The average molecular weight is 324 g/mol. The molecule has 1 aliphatic rings. The first-order valence-electron chi connectivity index (χ1n) is 7.07. The highest BCUT2D eigenvalue weighted by Crippen LogP contribution is 2.15. The Morgan fingerprint density at radius 1 is 0.783 bits per heavy atom. The van der Waals surface area contributed by atoms with E-state index < -0.39 is 11.4 Å². The largest absolute Gasteiger partial charge is 0.587 e. The van der Waals surface area contributed by atoms with Crippen molar-refractivity contribution in [2.24, 2.45) is 5.10 Å². The van der Waals surface area contributed by atoms with Crippen molar-refractivity contribution in [1.82, 2.24) is 4.83 Å². The van der Waals surface area contributed by atoms with Crippen LogP contribution in [-0.2, 0) is 11.4 Å². The molecule has 4 rings (SSSR count). The maximum absolute atomic E-state index is 11.2. The Balaban J connectivity index is 0.000000136. The summed E-state index contributed by atoms with van der Waals surface area (Å²) in [6.45, 7) is 0. The van der Waals surface area contributed by atoms with Gasteiger partial charge in [0.1, 0.15) is 11.4 Å². The van der Waals surface area contributed by atoms with Gasteiger partial charge >= 0.3 is 0 Å². The van der Waals surface area contributed by atoms with Gasteiger partial charge in [0.2, 0.25) is 24.8 Å². The first kappa shape index (κ1) is 15.2. The Labute approximate surface area is 137 Å². The van der Waals surface area contributed by atoms with Crippen LogP contribution in [0.5, 0.6) is 0 Å². The van der Waals surface area contributed by atoms with Crippen molar-refractivity contribution in [1.29, 1.82) is 0 Å². The average Bonchev–Trinajstić information content (AvgIpc) is 2.64. The van der Waals surface area contributed by atoms with Gasteiger partial charge in [-0.3, -0.25) is 0 Å². The molecule has 1 aliphatic heterocycles. The van der Waals surface area contributed by atoms with E-state index in [2.05, 4.69) is 9.93 Å².